The zero-order valence-corrected chi connectivity index (χ0v) is 22.2. The van der Waals surface area contributed by atoms with Crippen LogP contribution in [0, 0.1) is 5.75 Å². The summed E-state index contributed by atoms with van der Waals surface area (Å²) in [5.41, 5.74) is 0. The largest absolute Gasteiger partial charge is 0.157 e. The lowest BCUT2D eigenvalue weighted by Gasteiger charge is -2.04. The number of hydrogen-bond acceptors (Lipinski definition) is 1. The molecule has 1 heteroatoms. The van der Waals surface area contributed by atoms with Gasteiger partial charge >= 0.3 is 0 Å². The Labute approximate surface area is 197 Å². The molecule has 0 heterocycles. The van der Waals surface area contributed by atoms with Crippen LogP contribution in [0.4, 0.5) is 0 Å². The Morgan fingerprint density at radius 3 is 1.03 bits per heavy atom. The first-order valence-electron chi connectivity index (χ1n) is 14.3. The van der Waals surface area contributed by atoms with Gasteiger partial charge in [0.2, 0.25) is 0 Å². The minimum atomic E-state index is 1.33. The van der Waals surface area contributed by atoms with E-state index < -0.39 is 0 Å². The Bertz CT molecular complexity index is 248. The minimum Gasteiger partial charge on any atom is -0.157 e. The molecule has 0 nitrogen and oxygen atoms in total. The molecule has 181 valence electrons. The second kappa shape index (κ2) is 29.4. The van der Waals surface area contributed by atoms with Gasteiger partial charge in [-0.3, -0.25) is 0 Å². The summed E-state index contributed by atoms with van der Waals surface area (Å²) >= 11 is 2.09. The van der Waals surface area contributed by atoms with Gasteiger partial charge in [-0.25, -0.2) is 0 Å². The van der Waals surface area contributed by atoms with E-state index in [4.69, 9.17) is 0 Å². The molecule has 0 saturated heterocycles. The molecule has 0 unspecified atom stereocenters. The number of thioether (sulfide) groups is 1. The third kappa shape index (κ3) is 28.4. The lowest BCUT2D eigenvalue weighted by Crippen LogP contribution is -1.85. The predicted octanol–water partition coefficient (Wildman–Crippen LogP) is 11.7. The maximum absolute atomic E-state index is 2.49. The van der Waals surface area contributed by atoms with Crippen LogP contribution in [0.25, 0.3) is 0 Å². The molecular formula is C29H59S. The van der Waals surface area contributed by atoms with Gasteiger partial charge in [0, 0.05) is 5.75 Å². The van der Waals surface area contributed by atoms with Crippen LogP contribution < -0.4 is 0 Å². The quantitative estimate of drug-likeness (QED) is 0.115. The highest BCUT2D eigenvalue weighted by Crippen LogP contribution is 2.18. The molecule has 0 rings (SSSR count). The molecule has 0 aromatic heterocycles. The van der Waals surface area contributed by atoms with Crippen LogP contribution in [0.2, 0.25) is 0 Å². The molecule has 0 amide bonds. The molecule has 0 aliphatic rings. The summed E-state index contributed by atoms with van der Waals surface area (Å²) in [5, 5.41) is 0. The van der Waals surface area contributed by atoms with Crippen molar-refractivity contribution in [3.63, 3.8) is 0 Å². The van der Waals surface area contributed by atoms with Gasteiger partial charge in [-0.2, -0.15) is 11.8 Å². The molecule has 0 spiro atoms. The van der Waals surface area contributed by atoms with E-state index in [2.05, 4.69) is 31.4 Å². The summed E-state index contributed by atoms with van der Waals surface area (Å²) in [6, 6.07) is 0. The van der Waals surface area contributed by atoms with Crippen LogP contribution in [0.15, 0.2) is 0 Å². The standard InChI is InChI=1S/C29H59S/c1-3-5-7-9-11-13-14-15-16-17-18-19-21-23-25-27-29-30-28-26-24-22-20-12-10-8-6-4-2/h29H,3-28H2,1-2H3. The summed E-state index contributed by atoms with van der Waals surface area (Å²) in [4.78, 5) is 0. The molecular weight excluding hydrogens is 380 g/mol. The van der Waals surface area contributed by atoms with Crippen molar-refractivity contribution < 1.29 is 0 Å². The predicted molar refractivity (Wildman–Crippen MR) is 144 cm³/mol. The third-order valence-electron chi connectivity index (χ3n) is 6.41. The van der Waals surface area contributed by atoms with E-state index in [-0.39, 0.29) is 0 Å². The lowest BCUT2D eigenvalue weighted by atomic mass is 10.0. The second-order valence-electron chi connectivity index (χ2n) is 9.60. The number of unbranched alkanes of at least 4 members (excludes halogenated alkanes) is 23. The van der Waals surface area contributed by atoms with Crippen molar-refractivity contribution in [3.8, 4) is 0 Å². The highest BCUT2D eigenvalue weighted by molar-refractivity contribution is 8.01. The molecule has 30 heavy (non-hydrogen) atoms. The van der Waals surface area contributed by atoms with Gasteiger partial charge in [0.05, 0.1) is 0 Å². The van der Waals surface area contributed by atoms with E-state index in [0.717, 1.165) is 0 Å². The molecule has 1 radical (unpaired) electrons. The summed E-state index contributed by atoms with van der Waals surface area (Å²) in [6.45, 7) is 4.60. The van der Waals surface area contributed by atoms with Gasteiger partial charge in [0.1, 0.15) is 0 Å². The fourth-order valence-corrected chi connectivity index (χ4v) is 5.13. The Morgan fingerprint density at radius 1 is 0.367 bits per heavy atom. The van der Waals surface area contributed by atoms with E-state index >= 15 is 0 Å². The van der Waals surface area contributed by atoms with E-state index in [0.29, 0.717) is 0 Å². The van der Waals surface area contributed by atoms with Crippen molar-refractivity contribution >= 4 is 11.8 Å². The zero-order chi connectivity index (χ0) is 21.8. The molecule has 0 N–H and O–H groups in total. The Balaban J connectivity index is 2.97. The monoisotopic (exact) mass is 439 g/mol. The summed E-state index contributed by atoms with van der Waals surface area (Å²) in [5.74, 6) is 3.85. The molecule has 0 aromatic carbocycles. The number of rotatable bonds is 27. The van der Waals surface area contributed by atoms with E-state index in [1.54, 1.807) is 0 Å². The van der Waals surface area contributed by atoms with Crippen molar-refractivity contribution in [1.82, 2.24) is 0 Å². The summed E-state index contributed by atoms with van der Waals surface area (Å²) in [7, 11) is 0. The second-order valence-corrected chi connectivity index (χ2v) is 10.7. The van der Waals surface area contributed by atoms with Gasteiger partial charge in [-0.15, -0.1) is 0 Å². The van der Waals surface area contributed by atoms with Crippen LogP contribution >= 0.6 is 11.8 Å². The normalized spacial score (nSPS) is 11.4. The van der Waals surface area contributed by atoms with Crippen LogP contribution in [0.1, 0.15) is 174 Å². The smallest absolute Gasteiger partial charge is 0.0166 e. The van der Waals surface area contributed by atoms with Gasteiger partial charge in [0.15, 0.2) is 0 Å². The summed E-state index contributed by atoms with van der Waals surface area (Å²) < 4.78 is 0. The molecule has 0 fully saturated rings. The van der Waals surface area contributed by atoms with Crippen molar-refractivity contribution in [3.05, 3.63) is 5.75 Å². The maximum Gasteiger partial charge on any atom is 0.0166 e. The molecule has 0 aliphatic carbocycles. The van der Waals surface area contributed by atoms with Crippen LogP contribution in [0.5, 0.6) is 0 Å². The third-order valence-corrected chi connectivity index (χ3v) is 7.40. The fraction of sp³-hybridized carbons (Fsp3) is 0.966. The highest BCUT2D eigenvalue weighted by atomic mass is 32.2. The van der Waals surface area contributed by atoms with Gasteiger partial charge in [0.25, 0.3) is 0 Å². The average molecular weight is 440 g/mol. The van der Waals surface area contributed by atoms with Crippen molar-refractivity contribution in [2.75, 3.05) is 5.75 Å². The van der Waals surface area contributed by atoms with Gasteiger partial charge in [-0.05, 0) is 18.6 Å². The van der Waals surface area contributed by atoms with Gasteiger partial charge < -0.3 is 0 Å². The average Bonchev–Trinajstić information content (AvgIpc) is 2.76. The first kappa shape index (κ1) is 30.4. The maximum atomic E-state index is 2.49. The minimum absolute atomic E-state index is 1.33. The van der Waals surface area contributed by atoms with E-state index in [1.807, 2.05) is 0 Å². The summed E-state index contributed by atoms with van der Waals surface area (Å²) in [6.07, 6.45) is 36.3. The van der Waals surface area contributed by atoms with E-state index in [1.165, 1.54) is 166 Å². The first-order chi connectivity index (χ1) is 14.9. The Morgan fingerprint density at radius 2 is 0.667 bits per heavy atom. The Kier molecular flexibility index (Phi) is 29.7. The van der Waals surface area contributed by atoms with Crippen molar-refractivity contribution in [2.45, 2.75) is 174 Å². The molecule has 0 atom stereocenters. The highest BCUT2D eigenvalue weighted by Gasteiger charge is 1.96. The van der Waals surface area contributed by atoms with Crippen molar-refractivity contribution in [2.24, 2.45) is 0 Å². The van der Waals surface area contributed by atoms with Crippen LogP contribution in [-0.4, -0.2) is 5.75 Å². The molecule has 0 bridgehead atoms. The van der Waals surface area contributed by atoms with Crippen molar-refractivity contribution in [1.29, 1.82) is 0 Å². The molecule has 0 aromatic rings. The lowest BCUT2D eigenvalue weighted by molar-refractivity contribution is 0.532. The molecule has 0 saturated carbocycles. The van der Waals surface area contributed by atoms with E-state index in [9.17, 15) is 0 Å². The topological polar surface area (TPSA) is 0 Å². The number of hydrogen-bond donors (Lipinski definition) is 0. The SMILES string of the molecule is CCCCCCCCCCCCCCCCC[CH]SCCCCCCCCCCC. The van der Waals surface area contributed by atoms with Crippen LogP contribution in [-0.2, 0) is 0 Å². The molecule has 0 aliphatic heterocycles. The fourth-order valence-electron chi connectivity index (χ4n) is 4.26. The first-order valence-corrected chi connectivity index (χ1v) is 15.4. The Hall–Kier alpha value is 0.350. The van der Waals surface area contributed by atoms with Gasteiger partial charge in [-0.1, -0.05) is 162 Å². The van der Waals surface area contributed by atoms with Crippen LogP contribution in [0.3, 0.4) is 0 Å². The zero-order valence-electron chi connectivity index (χ0n) is 21.4.